The van der Waals surface area contributed by atoms with Crippen LogP contribution >= 0.6 is 0 Å². The molecule has 3 rings (SSSR count). The van der Waals surface area contributed by atoms with Crippen molar-refractivity contribution in [1.82, 2.24) is 0 Å². The zero-order valence-corrected chi connectivity index (χ0v) is 12.1. The quantitative estimate of drug-likeness (QED) is 0.797. The molecule has 1 fully saturated rings. The maximum atomic E-state index is 12.6. The third-order valence-electron chi connectivity index (χ3n) is 4.18. The molecule has 1 aromatic carbocycles. The van der Waals surface area contributed by atoms with Gasteiger partial charge in [-0.25, -0.2) is 0 Å². The molecule has 2 unspecified atom stereocenters. The van der Waals surface area contributed by atoms with Crippen molar-refractivity contribution in [1.29, 1.82) is 0 Å². The van der Waals surface area contributed by atoms with Gasteiger partial charge in [0.15, 0.2) is 0 Å². The van der Waals surface area contributed by atoms with Gasteiger partial charge in [-0.15, -0.1) is 0 Å². The topological polar surface area (TPSA) is 55.8 Å². The Kier molecular flexibility index (Phi) is 3.92. The van der Waals surface area contributed by atoms with Crippen LogP contribution in [0.5, 0.6) is 0 Å². The molecule has 5 heteroatoms. The van der Waals surface area contributed by atoms with Gasteiger partial charge in [-0.05, 0) is 24.5 Å². The van der Waals surface area contributed by atoms with E-state index in [-0.39, 0.29) is 23.9 Å². The highest BCUT2D eigenvalue weighted by molar-refractivity contribution is 5.99. The fourth-order valence-electron chi connectivity index (χ4n) is 3.11. The fraction of sp³-hybridized carbons (Fsp3) is 0.500. The van der Waals surface area contributed by atoms with Crippen molar-refractivity contribution >= 4 is 17.6 Å². The normalized spacial score (nSPS) is 24.0. The van der Waals surface area contributed by atoms with Gasteiger partial charge in [-0.2, -0.15) is 0 Å². The minimum Gasteiger partial charge on any atom is -0.469 e. The largest absolute Gasteiger partial charge is 0.469 e. The van der Waals surface area contributed by atoms with Crippen LogP contribution in [0.3, 0.4) is 0 Å². The molecule has 1 aromatic rings. The number of hydrogen-bond acceptors (Lipinski definition) is 4. The van der Waals surface area contributed by atoms with Gasteiger partial charge in [0.2, 0.25) is 0 Å². The molecule has 0 radical (unpaired) electrons. The van der Waals surface area contributed by atoms with Crippen LogP contribution in [0.1, 0.15) is 30.7 Å². The number of carbonyl (C=O) groups excluding carboxylic acids is 2. The number of fused-ring (bicyclic) bond motifs is 1. The van der Waals surface area contributed by atoms with E-state index in [0.717, 1.165) is 24.1 Å². The second-order valence-corrected chi connectivity index (χ2v) is 5.49. The van der Waals surface area contributed by atoms with Gasteiger partial charge < -0.3 is 14.4 Å². The molecular weight excluding hydrogens is 270 g/mol. The molecule has 5 nitrogen and oxygen atoms in total. The summed E-state index contributed by atoms with van der Waals surface area (Å²) in [6, 6.07) is 7.75. The van der Waals surface area contributed by atoms with Crippen molar-refractivity contribution in [2.75, 3.05) is 25.2 Å². The predicted octanol–water partition coefficient (Wildman–Crippen LogP) is 1.86. The van der Waals surface area contributed by atoms with E-state index in [1.807, 2.05) is 24.3 Å². The lowest BCUT2D eigenvalue weighted by molar-refractivity contribution is -0.141. The first-order chi connectivity index (χ1) is 10.2. The summed E-state index contributed by atoms with van der Waals surface area (Å²) in [6.07, 6.45) is 1.66. The Morgan fingerprint density at radius 1 is 1.38 bits per heavy atom. The van der Waals surface area contributed by atoms with Crippen LogP contribution in [-0.2, 0) is 19.1 Å². The van der Waals surface area contributed by atoms with Gasteiger partial charge in [-0.3, -0.25) is 9.59 Å². The summed E-state index contributed by atoms with van der Waals surface area (Å²) in [6.45, 7) is 1.17. The predicted molar refractivity (Wildman–Crippen MR) is 77.1 cm³/mol. The Bertz CT molecular complexity index is 551. The first-order valence-electron chi connectivity index (χ1n) is 7.29. The number of nitrogens with zero attached hydrogens (tertiary/aromatic N) is 1. The maximum Gasteiger partial charge on any atom is 0.306 e. The summed E-state index contributed by atoms with van der Waals surface area (Å²) in [5, 5.41) is 0. The number of carbonyl (C=O) groups is 2. The number of hydrogen-bond donors (Lipinski definition) is 0. The van der Waals surface area contributed by atoms with Crippen LogP contribution in [-0.4, -0.2) is 38.2 Å². The number of rotatable bonds is 3. The van der Waals surface area contributed by atoms with Gasteiger partial charge in [0, 0.05) is 24.8 Å². The van der Waals surface area contributed by atoms with Crippen molar-refractivity contribution in [2.24, 2.45) is 0 Å². The lowest BCUT2D eigenvalue weighted by atomic mass is 9.98. The Morgan fingerprint density at radius 3 is 2.90 bits per heavy atom. The van der Waals surface area contributed by atoms with Crippen molar-refractivity contribution in [2.45, 2.75) is 31.3 Å². The SMILES string of the molecule is COC(=O)CC1CN(C(=O)C2CCCO2)c2ccccc21. The van der Waals surface area contributed by atoms with Crippen LogP contribution in [0.4, 0.5) is 5.69 Å². The number of para-hydroxylation sites is 1. The van der Waals surface area contributed by atoms with Crippen LogP contribution < -0.4 is 4.90 Å². The van der Waals surface area contributed by atoms with Crippen molar-refractivity contribution in [3.63, 3.8) is 0 Å². The summed E-state index contributed by atoms with van der Waals surface area (Å²) < 4.78 is 10.3. The molecule has 0 aliphatic carbocycles. The number of esters is 1. The first kappa shape index (κ1) is 14.1. The van der Waals surface area contributed by atoms with Crippen LogP contribution in [0, 0.1) is 0 Å². The average Bonchev–Trinajstić information content (AvgIpc) is 3.15. The van der Waals surface area contributed by atoms with E-state index in [1.165, 1.54) is 7.11 Å². The van der Waals surface area contributed by atoms with Crippen molar-refractivity contribution in [3.8, 4) is 0 Å². The number of methoxy groups -OCH3 is 1. The third kappa shape index (κ3) is 2.65. The second-order valence-electron chi connectivity index (χ2n) is 5.49. The Morgan fingerprint density at radius 2 is 2.19 bits per heavy atom. The molecule has 2 aliphatic heterocycles. The standard InChI is InChI=1S/C16H19NO4/c1-20-15(18)9-11-10-17(13-6-3-2-5-12(11)13)16(19)14-7-4-8-21-14/h2-3,5-6,11,14H,4,7-10H2,1H3. The van der Waals surface area contributed by atoms with Gasteiger partial charge >= 0.3 is 5.97 Å². The molecule has 0 saturated carbocycles. The molecule has 0 N–H and O–H groups in total. The first-order valence-corrected chi connectivity index (χ1v) is 7.29. The van der Waals surface area contributed by atoms with Crippen LogP contribution in [0.25, 0.3) is 0 Å². The van der Waals surface area contributed by atoms with Crippen LogP contribution in [0.15, 0.2) is 24.3 Å². The van der Waals surface area contributed by atoms with Gasteiger partial charge in [0.25, 0.3) is 5.91 Å². The number of ether oxygens (including phenoxy) is 2. The minimum absolute atomic E-state index is 0.000923. The van der Waals surface area contributed by atoms with E-state index in [0.29, 0.717) is 19.6 Å². The highest BCUT2D eigenvalue weighted by atomic mass is 16.5. The average molecular weight is 289 g/mol. The van der Waals surface area contributed by atoms with Crippen molar-refractivity contribution < 1.29 is 19.1 Å². The molecule has 2 atom stereocenters. The fourth-order valence-corrected chi connectivity index (χ4v) is 3.11. The molecule has 2 heterocycles. The summed E-state index contributed by atoms with van der Waals surface area (Å²) in [4.78, 5) is 25.9. The van der Waals surface area contributed by atoms with E-state index in [1.54, 1.807) is 4.90 Å². The van der Waals surface area contributed by atoms with E-state index in [2.05, 4.69) is 0 Å². The van der Waals surface area contributed by atoms with Crippen LogP contribution in [0.2, 0.25) is 0 Å². The molecule has 2 aliphatic rings. The summed E-state index contributed by atoms with van der Waals surface area (Å²) >= 11 is 0. The van der Waals surface area contributed by atoms with E-state index in [9.17, 15) is 9.59 Å². The zero-order valence-electron chi connectivity index (χ0n) is 12.1. The molecule has 0 aromatic heterocycles. The van der Waals surface area contributed by atoms with Gasteiger partial charge in [0.1, 0.15) is 6.10 Å². The molecule has 112 valence electrons. The smallest absolute Gasteiger partial charge is 0.306 e. The second kappa shape index (κ2) is 5.85. The summed E-state index contributed by atoms with van der Waals surface area (Å²) in [5.74, 6) is -0.243. The third-order valence-corrected chi connectivity index (χ3v) is 4.18. The Labute approximate surface area is 123 Å². The maximum absolute atomic E-state index is 12.6. The molecule has 1 saturated heterocycles. The number of anilines is 1. The van der Waals surface area contributed by atoms with Gasteiger partial charge in [-0.1, -0.05) is 18.2 Å². The highest BCUT2D eigenvalue weighted by Crippen LogP contribution is 2.39. The monoisotopic (exact) mass is 289 g/mol. The Balaban J connectivity index is 1.83. The summed E-state index contributed by atoms with van der Waals surface area (Å²) in [5.41, 5.74) is 1.93. The number of benzene rings is 1. The lowest BCUT2D eigenvalue weighted by Crippen LogP contribution is -2.38. The van der Waals surface area contributed by atoms with E-state index < -0.39 is 0 Å². The number of amides is 1. The van der Waals surface area contributed by atoms with E-state index in [4.69, 9.17) is 9.47 Å². The Hall–Kier alpha value is -1.88. The van der Waals surface area contributed by atoms with Crippen molar-refractivity contribution in [3.05, 3.63) is 29.8 Å². The van der Waals surface area contributed by atoms with Gasteiger partial charge in [0.05, 0.1) is 13.5 Å². The van der Waals surface area contributed by atoms with E-state index >= 15 is 0 Å². The molecule has 1 amide bonds. The lowest BCUT2D eigenvalue weighted by Gasteiger charge is -2.21. The summed E-state index contributed by atoms with van der Waals surface area (Å²) in [7, 11) is 1.39. The molecule has 0 bridgehead atoms. The minimum atomic E-state index is -0.338. The zero-order chi connectivity index (χ0) is 14.8. The highest BCUT2D eigenvalue weighted by Gasteiger charge is 2.37. The molecular formula is C16H19NO4. The molecule has 21 heavy (non-hydrogen) atoms. The molecule has 0 spiro atoms.